The van der Waals surface area contributed by atoms with E-state index in [0.29, 0.717) is 0 Å². The summed E-state index contributed by atoms with van der Waals surface area (Å²) in [6.45, 7) is 0.810. The Hall–Kier alpha value is -1.10. The van der Waals surface area contributed by atoms with Crippen molar-refractivity contribution in [1.82, 2.24) is 4.57 Å². The zero-order chi connectivity index (χ0) is 10.7. The van der Waals surface area contributed by atoms with Gasteiger partial charge in [-0.3, -0.25) is 4.79 Å². The number of rotatable bonds is 3. The Morgan fingerprint density at radius 3 is 2.53 bits per heavy atom. The third kappa shape index (κ3) is 2.68. The monoisotopic (exact) mass is 311 g/mol. The van der Waals surface area contributed by atoms with Gasteiger partial charge in [-0.15, -0.1) is 0 Å². The number of aromatic nitrogens is 1. The van der Waals surface area contributed by atoms with Crippen LogP contribution in [0.25, 0.3) is 0 Å². The van der Waals surface area contributed by atoms with Gasteiger partial charge in [0.25, 0.3) is 0 Å². The molecule has 0 atom stereocenters. The van der Waals surface area contributed by atoms with Gasteiger partial charge in [-0.2, -0.15) is 0 Å². The molecule has 0 N–H and O–H groups in total. The van der Waals surface area contributed by atoms with Crippen LogP contribution in [0.1, 0.15) is 15.9 Å². The van der Waals surface area contributed by atoms with Gasteiger partial charge in [0.1, 0.15) is 0 Å². The molecule has 1 aromatic carbocycles. The molecular formula is C12H10INO. The molecule has 0 saturated heterocycles. The zero-order valence-corrected chi connectivity index (χ0v) is 10.2. The van der Waals surface area contributed by atoms with E-state index in [-0.39, 0.29) is 0 Å². The van der Waals surface area contributed by atoms with Crippen molar-refractivity contribution in [3.63, 3.8) is 0 Å². The first-order valence-electron chi connectivity index (χ1n) is 4.63. The van der Waals surface area contributed by atoms with E-state index in [1.807, 2.05) is 23.0 Å². The second kappa shape index (κ2) is 4.61. The maximum Gasteiger partial charge on any atom is 0.151 e. The highest BCUT2D eigenvalue weighted by Gasteiger charge is 1.97. The number of aldehydes is 1. The molecule has 0 bridgehead atoms. The minimum atomic E-state index is 0.723. The predicted molar refractivity (Wildman–Crippen MR) is 68.1 cm³/mol. The van der Waals surface area contributed by atoms with E-state index >= 15 is 0 Å². The average Bonchev–Trinajstić information content (AvgIpc) is 2.69. The first-order valence-corrected chi connectivity index (χ1v) is 5.71. The van der Waals surface area contributed by atoms with Crippen molar-refractivity contribution < 1.29 is 4.79 Å². The molecule has 0 amide bonds. The van der Waals surface area contributed by atoms with E-state index in [2.05, 4.69) is 46.9 Å². The van der Waals surface area contributed by atoms with Crippen LogP contribution in [0.2, 0.25) is 0 Å². The molecule has 0 aliphatic carbocycles. The lowest BCUT2D eigenvalue weighted by Gasteiger charge is -2.02. The number of hydrogen-bond donors (Lipinski definition) is 0. The first kappa shape index (κ1) is 10.4. The van der Waals surface area contributed by atoms with Crippen LogP contribution in [-0.2, 0) is 6.54 Å². The van der Waals surface area contributed by atoms with Gasteiger partial charge in [0, 0.05) is 28.1 Å². The highest BCUT2D eigenvalue weighted by atomic mass is 127. The lowest BCUT2D eigenvalue weighted by molar-refractivity contribution is 0.112. The summed E-state index contributed by atoms with van der Waals surface area (Å²) in [6, 6.07) is 10.2. The van der Waals surface area contributed by atoms with Crippen molar-refractivity contribution in [1.29, 1.82) is 0 Å². The molecule has 76 valence electrons. The standard InChI is InChI=1S/C12H10INO/c13-12-3-1-10(2-4-12)7-14-6-5-11(8-14)9-15/h1-6,8-9H,7H2. The molecule has 0 aliphatic rings. The highest BCUT2D eigenvalue weighted by Crippen LogP contribution is 2.09. The molecule has 15 heavy (non-hydrogen) atoms. The zero-order valence-electron chi connectivity index (χ0n) is 8.06. The smallest absolute Gasteiger partial charge is 0.151 e. The number of carbonyl (C=O) groups excluding carboxylic acids is 1. The van der Waals surface area contributed by atoms with Gasteiger partial charge in [0.15, 0.2) is 6.29 Å². The Balaban J connectivity index is 2.14. The molecule has 2 nitrogen and oxygen atoms in total. The maximum absolute atomic E-state index is 10.5. The van der Waals surface area contributed by atoms with E-state index < -0.39 is 0 Å². The van der Waals surface area contributed by atoms with E-state index in [4.69, 9.17) is 0 Å². The quantitative estimate of drug-likeness (QED) is 0.631. The molecule has 1 aromatic heterocycles. The molecule has 0 saturated carbocycles. The van der Waals surface area contributed by atoms with Gasteiger partial charge in [-0.05, 0) is 46.4 Å². The van der Waals surface area contributed by atoms with Crippen molar-refractivity contribution >= 4 is 28.9 Å². The molecular weight excluding hydrogens is 301 g/mol. The summed E-state index contributed by atoms with van der Waals surface area (Å²) in [7, 11) is 0. The molecule has 2 rings (SSSR count). The molecule has 0 radical (unpaired) electrons. The minimum absolute atomic E-state index is 0.723. The van der Waals surface area contributed by atoms with Crippen molar-refractivity contribution in [2.24, 2.45) is 0 Å². The summed E-state index contributed by atoms with van der Waals surface area (Å²) in [4.78, 5) is 10.5. The van der Waals surface area contributed by atoms with Gasteiger partial charge in [-0.25, -0.2) is 0 Å². The Labute approximate surface area is 102 Å². The fraction of sp³-hybridized carbons (Fsp3) is 0.0833. The molecule has 3 heteroatoms. The van der Waals surface area contributed by atoms with Crippen LogP contribution in [0.5, 0.6) is 0 Å². The summed E-state index contributed by atoms with van der Waals surface area (Å²) in [6.07, 6.45) is 4.64. The topological polar surface area (TPSA) is 22.0 Å². The lowest BCUT2D eigenvalue weighted by atomic mass is 10.2. The Kier molecular flexibility index (Phi) is 3.20. The molecule has 0 aliphatic heterocycles. The van der Waals surface area contributed by atoms with Crippen molar-refractivity contribution in [2.75, 3.05) is 0 Å². The van der Waals surface area contributed by atoms with Gasteiger partial charge in [0.05, 0.1) is 0 Å². The molecule has 2 aromatic rings. The van der Waals surface area contributed by atoms with Gasteiger partial charge in [-0.1, -0.05) is 12.1 Å². The normalized spacial score (nSPS) is 10.2. The summed E-state index contributed by atoms with van der Waals surface area (Å²) >= 11 is 2.28. The van der Waals surface area contributed by atoms with Crippen LogP contribution >= 0.6 is 22.6 Å². The number of nitrogens with zero attached hydrogens (tertiary/aromatic N) is 1. The van der Waals surface area contributed by atoms with Crippen molar-refractivity contribution in [3.8, 4) is 0 Å². The number of benzene rings is 1. The van der Waals surface area contributed by atoms with Crippen LogP contribution in [0.15, 0.2) is 42.7 Å². The van der Waals surface area contributed by atoms with Crippen LogP contribution in [-0.4, -0.2) is 10.9 Å². The third-order valence-electron chi connectivity index (χ3n) is 2.19. The predicted octanol–water partition coefficient (Wildman–Crippen LogP) is 2.95. The summed E-state index contributed by atoms with van der Waals surface area (Å²) in [5.74, 6) is 0. The van der Waals surface area contributed by atoms with E-state index in [9.17, 15) is 4.79 Å². The number of carbonyl (C=O) groups is 1. The second-order valence-corrected chi connectivity index (χ2v) is 4.61. The lowest BCUT2D eigenvalue weighted by Crippen LogP contribution is -1.95. The highest BCUT2D eigenvalue weighted by molar-refractivity contribution is 14.1. The van der Waals surface area contributed by atoms with Gasteiger partial charge < -0.3 is 4.57 Å². The third-order valence-corrected chi connectivity index (χ3v) is 2.91. The first-order chi connectivity index (χ1) is 7.28. The van der Waals surface area contributed by atoms with Gasteiger partial charge >= 0.3 is 0 Å². The van der Waals surface area contributed by atoms with Crippen molar-refractivity contribution in [2.45, 2.75) is 6.54 Å². The summed E-state index contributed by atoms with van der Waals surface area (Å²) < 4.78 is 3.24. The Morgan fingerprint density at radius 2 is 1.93 bits per heavy atom. The number of hydrogen-bond acceptors (Lipinski definition) is 1. The SMILES string of the molecule is O=Cc1ccn(Cc2ccc(I)cc2)c1. The minimum Gasteiger partial charge on any atom is -0.349 e. The summed E-state index contributed by atoms with van der Waals surface area (Å²) in [5.41, 5.74) is 1.96. The van der Waals surface area contributed by atoms with Crippen LogP contribution < -0.4 is 0 Å². The molecule has 1 heterocycles. The number of halogens is 1. The fourth-order valence-corrected chi connectivity index (χ4v) is 1.79. The maximum atomic E-state index is 10.5. The van der Waals surface area contributed by atoms with E-state index in [1.54, 1.807) is 0 Å². The van der Waals surface area contributed by atoms with Gasteiger partial charge in [0.2, 0.25) is 0 Å². The van der Waals surface area contributed by atoms with Crippen molar-refractivity contribution in [3.05, 3.63) is 57.4 Å². The fourth-order valence-electron chi connectivity index (χ4n) is 1.43. The average molecular weight is 311 g/mol. The second-order valence-electron chi connectivity index (χ2n) is 3.36. The molecule has 0 fully saturated rings. The Morgan fingerprint density at radius 1 is 1.20 bits per heavy atom. The van der Waals surface area contributed by atoms with E-state index in [1.165, 1.54) is 9.13 Å². The van der Waals surface area contributed by atoms with E-state index in [0.717, 1.165) is 18.4 Å². The van der Waals surface area contributed by atoms with Crippen LogP contribution in [0.4, 0.5) is 0 Å². The van der Waals surface area contributed by atoms with Crippen LogP contribution in [0.3, 0.4) is 0 Å². The molecule has 0 spiro atoms. The van der Waals surface area contributed by atoms with Crippen LogP contribution in [0, 0.1) is 3.57 Å². The summed E-state index contributed by atoms with van der Waals surface area (Å²) in [5, 5.41) is 0. The molecule has 0 unspecified atom stereocenters. The Bertz CT molecular complexity index is 459. The largest absolute Gasteiger partial charge is 0.349 e.